The van der Waals surface area contributed by atoms with E-state index >= 15 is 0 Å². The van der Waals surface area contributed by atoms with E-state index < -0.39 is 0 Å². The predicted molar refractivity (Wildman–Crippen MR) is 79.0 cm³/mol. The summed E-state index contributed by atoms with van der Waals surface area (Å²) in [5, 5.41) is 11.1. The van der Waals surface area contributed by atoms with E-state index in [1.54, 1.807) is 6.07 Å². The molecule has 106 valence electrons. The lowest BCUT2D eigenvalue weighted by Gasteiger charge is -2.32. The average molecular weight is 273 g/mol. The maximum Gasteiger partial charge on any atom is 0.256 e. The van der Waals surface area contributed by atoms with Gasteiger partial charge in [-0.3, -0.25) is 9.69 Å². The normalized spacial score (nSPS) is 17.6. The molecule has 0 unspecified atom stereocenters. The Hall–Kier alpha value is -1.85. The molecule has 2 N–H and O–H groups in total. The molecule has 1 fully saturated rings. The summed E-state index contributed by atoms with van der Waals surface area (Å²) in [6, 6.07) is 7.34. The van der Waals surface area contributed by atoms with Crippen LogP contribution in [0.5, 0.6) is 5.75 Å². The van der Waals surface area contributed by atoms with Gasteiger partial charge in [-0.25, -0.2) is 0 Å². The van der Waals surface area contributed by atoms with E-state index in [0.29, 0.717) is 23.0 Å². The minimum Gasteiger partial charge on any atom is -0.507 e. The number of aromatic amines is 1. The topological polar surface area (TPSA) is 59.6 Å². The van der Waals surface area contributed by atoms with Gasteiger partial charge in [-0.05, 0) is 19.2 Å². The molecule has 0 radical (unpaired) electrons. The van der Waals surface area contributed by atoms with Crippen molar-refractivity contribution in [2.24, 2.45) is 0 Å². The number of rotatable bonds is 2. The van der Waals surface area contributed by atoms with Crippen molar-refractivity contribution < 1.29 is 5.11 Å². The van der Waals surface area contributed by atoms with Gasteiger partial charge in [-0.15, -0.1) is 0 Å². The molecule has 3 rings (SSSR count). The Bertz CT molecular complexity index is 672. The number of nitrogens with one attached hydrogen (secondary N) is 1. The first-order chi connectivity index (χ1) is 9.65. The van der Waals surface area contributed by atoms with Gasteiger partial charge < -0.3 is 15.0 Å². The Balaban J connectivity index is 1.93. The van der Waals surface area contributed by atoms with Crippen LogP contribution in [0.2, 0.25) is 0 Å². The highest BCUT2D eigenvalue weighted by atomic mass is 16.3. The standard InChI is InChI=1S/C15H19N3O2/c1-17-6-8-18(9-7-17)10-12-14(19)11-4-2-3-5-13(11)16-15(12)20/h2-5H,6-10H2,1H3,(H2,16,19,20). The first-order valence-corrected chi connectivity index (χ1v) is 6.89. The summed E-state index contributed by atoms with van der Waals surface area (Å²) in [6.45, 7) is 4.32. The van der Waals surface area contributed by atoms with E-state index in [1.807, 2.05) is 18.2 Å². The summed E-state index contributed by atoms with van der Waals surface area (Å²) in [7, 11) is 2.09. The number of likely N-dealkylation sites (N-methyl/N-ethyl adjacent to an activating group) is 1. The van der Waals surface area contributed by atoms with Gasteiger partial charge in [0.25, 0.3) is 5.56 Å². The zero-order valence-corrected chi connectivity index (χ0v) is 11.6. The van der Waals surface area contributed by atoms with E-state index in [1.165, 1.54) is 0 Å². The Morgan fingerprint density at radius 3 is 2.65 bits per heavy atom. The van der Waals surface area contributed by atoms with E-state index in [0.717, 1.165) is 26.2 Å². The van der Waals surface area contributed by atoms with Crippen molar-refractivity contribution >= 4 is 10.9 Å². The molecule has 0 saturated carbocycles. The lowest BCUT2D eigenvalue weighted by Crippen LogP contribution is -2.44. The molecule has 0 atom stereocenters. The second-order valence-electron chi connectivity index (χ2n) is 5.41. The molecule has 0 amide bonds. The van der Waals surface area contributed by atoms with Gasteiger partial charge in [0.15, 0.2) is 0 Å². The van der Waals surface area contributed by atoms with Crippen LogP contribution >= 0.6 is 0 Å². The molecule has 0 spiro atoms. The van der Waals surface area contributed by atoms with Crippen LogP contribution in [0.1, 0.15) is 5.56 Å². The van der Waals surface area contributed by atoms with Crippen LogP contribution in [0, 0.1) is 0 Å². The number of nitrogens with zero attached hydrogens (tertiary/aromatic N) is 2. The maximum absolute atomic E-state index is 12.1. The molecule has 0 aliphatic carbocycles. The van der Waals surface area contributed by atoms with E-state index in [2.05, 4.69) is 21.8 Å². The second-order valence-corrected chi connectivity index (χ2v) is 5.41. The smallest absolute Gasteiger partial charge is 0.256 e. The molecule has 0 bridgehead atoms. The van der Waals surface area contributed by atoms with Crippen molar-refractivity contribution in [2.45, 2.75) is 6.54 Å². The van der Waals surface area contributed by atoms with Crippen LogP contribution in [0.25, 0.3) is 10.9 Å². The third-order valence-corrected chi connectivity index (χ3v) is 3.97. The Morgan fingerprint density at radius 2 is 1.90 bits per heavy atom. The largest absolute Gasteiger partial charge is 0.507 e. The van der Waals surface area contributed by atoms with Crippen LogP contribution in [0.3, 0.4) is 0 Å². The number of fused-ring (bicyclic) bond motifs is 1. The number of H-pyrrole nitrogens is 1. The molecule has 1 aromatic heterocycles. The summed E-state index contributed by atoms with van der Waals surface area (Å²) in [6.07, 6.45) is 0. The third kappa shape index (κ3) is 2.42. The van der Waals surface area contributed by atoms with E-state index in [4.69, 9.17) is 0 Å². The zero-order valence-electron chi connectivity index (χ0n) is 11.6. The Morgan fingerprint density at radius 1 is 1.20 bits per heavy atom. The zero-order chi connectivity index (χ0) is 14.1. The van der Waals surface area contributed by atoms with Gasteiger partial charge in [0.1, 0.15) is 5.75 Å². The minimum absolute atomic E-state index is 0.114. The summed E-state index contributed by atoms with van der Waals surface area (Å²) in [5.41, 5.74) is 0.950. The highest BCUT2D eigenvalue weighted by Crippen LogP contribution is 2.25. The van der Waals surface area contributed by atoms with Crippen molar-refractivity contribution in [3.8, 4) is 5.75 Å². The number of piperazine rings is 1. The van der Waals surface area contributed by atoms with Crippen molar-refractivity contribution in [2.75, 3.05) is 33.2 Å². The molecule has 20 heavy (non-hydrogen) atoms. The SMILES string of the molecule is CN1CCN(Cc2c(O)c3ccccc3[nH]c2=O)CC1. The molecule has 2 aromatic rings. The number of aromatic hydroxyl groups is 1. The van der Waals surface area contributed by atoms with Crippen LogP contribution in [-0.4, -0.2) is 53.1 Å². The monoisotopic (exact) mass is 273 g/mol. The van der Waals surface area contributed by atoms with Gasteiger partial charge in [-0.2, -0.15) is 0 Å². The van der Waals surface area contributed by atoms with Crippen LogP contribution < -0.4 is 5.56 Å². The van der Waals surface area contributed by atoms with Crippen molar-refractivity contribution in [1.82, 2.24) is 14.8 Å². The van der Waals surface area contributed by atoms with E-state index in [9.17, 15) is 9.90 Å². The number of aromatic nitrogens is 1. The fraction of sp³-hybridized carbons (Fsp3) is 0.400. The van der Waals surface area contributed by atoms with Gasteiger partial charge in [0.05, 0.1) is 11.1 Å². The number of benzene rings is 1. The third-order valence-electron chi connectivity index (χ3n) is 3.97. The molecule has 1 aliphatic rings. The first-order valence-electron chi connectivity index (χ1n) is 6.89. The molecule has 1 saturated heterocycles. The molecule has 5 nitrogen and oxygen atoms in total. The van der Waals surface area contributed by atoms with Crippen LogP contribution in [-0.2, 0) is 6.54 Å². The number of hydrogen-bond donors (Lipinski definition) is 2. The number of hydrogen-bond acceptors (Lipinski definition) is 4. The average Bonchev–Trinajstić information content (AvgIpc) is 2.45. The summed E-state index contributed by atoms with van der Waals surface area (Å²) < 4.78 is 0. The molecule has 5 heteroatoms. The van der Waals surface area contributed by atoms with Crippen LogP contribution in [0.4, 0.5) is 0 Å². The lowest BCUT2D eigenvalue weighted by molar-refractivity contribution is 0.147. The minimum atomic E-state index is -0.194. The summed E-state index contributed by atoms with van der Waals surface area (Å²) in [5.74, 6) is 0.114. The molecular formula is C15H19N3O2. The van der Waals surface area contributed by atoms with Gasteiger partial charge in [0, 0.05) is 38.1 Å². The van der Waals surface area contributed by atoms with Gasteiger partial charge in [-0.1, -0.05) is 12.1 Å². The fourth-order valence-corrected chi connectivity index (χ4v) is 2.64. The predicted octanol–water partition coefficient (Wildman–Crippen LogP) is 0.981. The number of pyridine rings is 1. The quantitative estimate of drug-likeness (QED) is 0.856. The maximum atomic E-state index is 12.1. The fourth-order valence-electron chi connectivity index (χ4n) is 2.64. The highest BCUT2D eigenvalue weighted by Gasteiger charge is 2.18. The Kier molecular flexibility index (Phi) is 3.46. The summed E-state index contributed by atoms with van der Waals surface area (Å²) >= 11 is 0. The van der Waals surface area contributed by atoms with Crippen molar-refractivity contribution in [3.05, 3.63) is 40.2 Å². The Labute approximate surface area is 117 Å². The summed E-state index contributed by atoms with van der Waals surface area (Å²) in [4.78, 5) is 19.5. The lowest BCUT2D eigenvalue weighted by atomic mass is 10.1. The van der Waals surface area contributed by atoms with Crippen molar-refractivity contribution in [3.63, 3.8) is 0 Å². The molecule has 2 heterocycles. The highest BCUT2D eigenvalue weighted by molar-refractivity contribution is 5.85. The van der Waals surface area contributed by atoms with Gasteiger partial charge in [0.2, 0.25) is 0 Å². The first kappa shape index (κ1) is 13.1. The molecular weight excluding hydrogens is 254 g/mol. The van der Waals surface area contributed by atoms with Crippen LogP contribution in [0.15, 0.2) is 29.1 Å². The second kappa shape index (κ2) is 5.26. The number of para-hydroxylation sites is 1. The van der Waals surface area contributed by atoms with E-state index in [-0.39, 0.29) is 11.3 Å². The van der Waals surface area contributed by atoms with Crippen molar-refractivity contribution in [1.29, 1.82) is 0 Å². The molecule has 1 aliphatic heterocycles. The molecule has 1 aromatic carbocycles. The van der Waals surface area contributed by atoms with Gasteiger partial charge >= 0.3 is 0 Å².